The summed E-state index contributed by atoms with van der Waals surface area (Å²) in [5.41, 5.74) is 8.41. The number of phenols is 1. The lowest BCUT2D eigenvalue weighted by Crippen LogP contribution is -2.28. The zero-order valence-corrected chi connectivity index (χ0v) is 19.6. The highest BCUT2D eigenvalue weighted by atomic mass is 79.9. The molecule has 1 N–H and O–H groups in total. The van der Waals surface area contributed by atoms with Crippen molar-refractivity contribution >= 4 is 15.9 Å². The molecule has 1 aliphatic rings. The van der Waals surface area contributed by atoms with E-state index in [1.54, 1.807) is 12.1 Å². The molecule has 1 aliphatic carbocycles. The Hall–Kier alpha value is -2.84. The second-order valence-electron chi connectivity index (χ2n) is 9.36. The molecule has 0 aliphatic heterocycles. The summed E-state index contributed by atoms with van der Waals surface area (Å²) in [6.45, 7) is 6.74. The van der Waals surface area contributed by atoms with Gasteiger partial charge < -0.3 is 5.11 Å². The van der Waals surface area contributed by atoms with Crippen LogP contribution in [0.4, 0.5) is 0 Å². The number of fused-ring (bicyclic) bond motifs is 3. The van der Waals surface area contributed by atoms with Gasteiger partial charge in [-0.1, -0.05) is 103 Å². The van der Waals surface area contributed by atoms with Crippen molar-refractivity contribution in [1.29, 1.82) is 0 Å². The molecule has 4 aromatic carbocycles. The van der Waals surface area contributed by atoms with Crippen LogP contribution in [0.5, 0.6) is 5.75 Å². The molecule has 0 radical (unpaired) electrons. The van der Waals surface area contributed by atoms with Crippen LogP contribution < -0.4 is 0 Å². The highest BCUT2D eigenvalue weighted by Crippen LogP contribution is 2.56. The molecule has 0 bridgehead atoms. The molecule has 1 nitrogen and oxygen atoms in total. The number of rotatable bonds is 2. The molecule has 0 saturated heterocycles. The van der Waals surface area contributed by atoms with Crippen LogP contribution in [0.1, 0.15) is 48.6 Å². The molecule has 154 valence electrons. The predicted octanol–water partition coefficient (Wildman–Crippen LogP) is 7.82. The van der Waals surface area contributed by atoms with Crippen LogP contribution in [0.15, 0.2) is 95.5 Å². The average molecular weight is 469 g/mol. The maximum Gasteiger partial charge on any atom is 0.115 e. The van der Waals surface area contributed by atoms with Gasteiger partial charge in [-0.2, -0.15) is 0 Å². The van der Waals surface area contributed by atoms with Gasteiger partial charge in [0, 0.05) is 4.47 Å². The monoisotopic (exact) mass is 468 g/mol. The zero-order chi connectivity index (χ0) is 21.8. The Balaban J connectivity index is 1.89. The molecule has 0 fully saturated rings. The van der Waals surface area contributed by atoms with E-state index < -0.39 is 5.41 Å². The number of aromatic hydroxyl groups is 1. The summed E-state index contributed by atoms with van der Waals surface area (Å²) < 4.78 is 1.06. The molecule has 0 aromatic heterocycles. The quantitative estimate of drug-likeness (QED) is 0.280. The first-order valence-corrected chi connectivity index (χ1v) is 11.4. The van der Waals surface area contributed by atoms with Gasteiger partial charge in [0.1, 0.15) is 5.75 Å². The van der Waals surface area contributed by atoms with E-state index in [0.29, 0.717) is 0 Å². The van der Waals surface area contributed by atoms with Gasteiger partial charge in [-0.3, -0.25) is 0 Å². The van der Waals surface area contributed by atoms with E-state index in [0.717, 1.165) is 10.0 Å². The van der Waals surface area contributed by atoms with Gasteiger partial charge in [0.25, 0.3) is 0 Å². The summed E-state index contributed by atoms with van der Waals surface area (Å²) >= 11 is 3.72. The Bertz CT molecular complexity index is 1260. The molecule has 1 unspecified atom stereocenters. The van der Waals surface area contributed by atoms with E-state index in [-0.39, 0.29) is 11.2 Å². The van der Waals surface area contributed by atoms with Gasteiger partial charge in [0.2, 0.25) is 0 Å². The molecule has 5 rings (SSSR count). The SMILES string of the molecule is CC(C)(C)c1ccc(C2(c3ccc(O)cc3)c3ccccc3-c3ccc(Br)cc32)cc1. The normalized spacial score (nSPS) is 17.3. The smallest absolute Gasteiger partial charge is 0.115 e. The van der Waals surface area contributed by atoms with Crippen LogP contribution in [-0.2, 0) is 10.8 Å². The van der Waals surface area contributed by atoms with Crippen LogP contribution in [0.2, 0.25) is 0 Å². The number of hydrogen-bond donors (Lipinski definition) is 1. The van der Waals surface area contributed by atoms with Crippen LogP contribution in [0.3, 0.4) is 0 Å². The van der Waals surface area contributed by atoms with E-state index in [2.05, 4.69) is 116 Å². The molecule has 1 atom stereocenters. The van der Waals surface area contributed by atoms with Gasteiger partial charge in [-0.25, -0.2) is 0 Å². The molecular formula is C29H25BrO. The van der Waals surface area contributed by atoms with Crippen molar-refractivity contribution in [3.05, 3.63) is 123 Å². The Morgan fingerprint density at radius 1 is 0.677 bits per heavy atom. The van der Waals surface area contributed by atoms with Gasteiger partial charge in [-0.05, 0) is 68.6 Å². The molecule has 4 aromatic rings. The molecule has 31 heavy (non-hydrogen) atoms. The summed E-state index contributed by atoms with van der Waals surface area (Å²) in [4.78, 5) is 0. The standard InChI is InChI=1S/C29H25BrO/c1-28(2,3)19-8-10-20(11-9-19)29(21-12-15-23(31)16-13-21)26-7-5-4-6-24(26)25-17-14-22(30)18-27(25)29/h4-18,31H,1-3H3. The summed E-state index contributed by atoms with van der Waals surface area (Å²) in [7, 11) is 0. The first-order chi connectivity index (χ1) is 14.8. The lowest BCUT2D eigenvalue weighted by atomic mass is 9.67. The largest absolute Gasteiger partial charge is 0.508 e. The first kappa shape index (κ1) is 20.1. The molecule has 0 heterocycles. The third-order valence-corrected chi connectivity index (χ3v) is 6.98. The van der Waals surface area contributed by atoms with Crippen molar-refractivity contribution in [2.75, 3.05) is 0 Å². The lowest BCUT2D eigenvalue weighted by molar-refractivity contribution is 0.475. The third-order valence-electron chi connectivity index (χ3n) is 6.49. The minimum absolute atomic E-state index is 0.0960. The highest BCUT2D eigenvalue weighted by Gasteiger charge is 2.46. The number of hydrogen-bond acceptors (Lipinski definition) is 1. The van der Waals surface area contributed by atoms with Crippen molar-refractivity contribution < 1.29 is 5.11 Å². The number of phenolic OH excluding ortho intramolecular Hbond substituents is 1. The van der Waals surface area contributed by atoms with Gasteiger partial charge in [0.05, 0.1) is 5.41 Å². The third kappa shape index (κ3) is 3.04. The Morgan fingerprint density at radius 3 is 1.90 bits per heavy atom. The van der Waals surface area contributed by atoms with Crippen LogP contribution in [-0.4, -0.2) is 5.11 Å². The van der Waals surface area contributed by atoms with Crippen LogP contribution >= 0.6 is 15.9 Å². The summed E-state index contributed by atoms with van der Waals surface area (Å²) in [5, 5.41) is 10.0. The maximum absolute atomic E-state index is 10.0. The van der Waals surface area contributed by atoms with Crippen molar-refractivity contribution in [1.82, 2.24) is 0 Å². The summed E-state index contributed by atoms with van der Waals surface area (Å²) in [6.07, 6.45) is 0. The molecule has 2 heteroatoms. The summed E-state index contributed by atoms with van der Waals surface area (Å²) in [5.74, 6) is 0.280. The predicted molar refractivity (Wildman–Crippen MR) is 132 cm³/mol. The zero-order valence-electron chi connectivity index (χ0n) is 18.0. The Kier molecular flexibility index (Phi) is 4.60. The topological polar surface area (TPSA) is 20.2 Å². The molecular weight excluding hydrogens is 444 g/mol. The lowest BCUT2D eigenvalue weighted by Gasteiger charge is -2.34. The molecule has 0 spiro atoms. The van der Waals surface area contributed by atoms with Gasteiger partial charge in [-0.15, -0.1) is 0 Å². The minimum atomic E-state index is -0.445. The first-order valence-electron chi connectivity index (χ1n) is 10.6. The van der Waals surface area contributed by atoms with Crippen LogP contribution in [0, 0.1) is 0 Å². The van der Waals surface area contributed by atoms with Crippen molar-refractivity contribution in [2.24, 2.45) is 0 Å². The second kappa shape index (κ2) is 7.10. The van der Waals surface area contributed by atoms with Crippen molar-refractivity contribution in [3.63, 3.8) is 0 Å². The van der Waals surface area contributed by atoms with E-state index in [1.165, 1.54) is 33.4 Å². The van der Waals surface area contributed by atoms with Crippen LogP contribution in [0.25, 0.3) is 11.1 Å². The fourth-order valence-corrected chi connectivity index (χ4v) is 5.33. The number of halogens is 1. The Labute approximate surface area is 192 Å². The van der Waals surface area contributed by atoms with Gasteiger partial charge in [0.15, 0.2) is 0 Å². The van der Waals surface area contributed by atoms with Crippen molar-refractivity contribution in [2.45, 2.75) is 31.6 Å². The maximum atomic E-state index is 10.0. The van der Waals surface area contributed by atoms with E-state index in [9.17, 15) is 5.11 Å². The average Bonchev–Trinajstić information content (AvgIpc) is 3.04. The second-order valence-corrected chi connectivity index (χ2v) is 10.3. The fraction of sp³-hybridized carbons (Fsp3) is 0.172. The molecule has 0 saturated carbocycles. The number of benzene rings is 4. The van der Waals surface area contributed by atoms with E-state index >= 15 is 0 Å². The fourth-order valence-electron chi connectivity index (χ4n) is 4.97. The van der Waals surface area contributed by atoms with Gasteiger partial charge >= 0.3 is 0 Å². The molecule has 0 amide bonds. The van der Waals surface area contributed by atoms with E-state index in [1.807, 2.05) is 0 Å². The van der Waals surface area contributed by atoms with Crippen molar-refractivity contribution in [3.8, 4) is 16.9 Å². The Morgan fingerprint density at radius 2 is 1.26 bits per heavy atom. The van der Waals surface area contributed by atoms with E-state index in [4.69, 9.17) is 0 Å². The summed E-state index contributed by atoms with van der Waals surface area (Å²) in [6, 6.07) is 32.0. The highest BCUT2D eigenvalue weighted by molar-refractivity contribution is 9.10. The minimum Gasteiger partial charge on any atom is -0.508 e.